The molecule has 1 unspecified atom stereocenters. The van der Waals surface area contributed by atoms with E-state index in [-0.39, 0.29) is 31.0 Å². The van der Waals surface area contributed by atoms with E-state index in [9.17, 15) is 14.7 Å². The van der Waals surface area contributed by atoms with Gasteiger partial charge in [0.25, 0.3) is 0 Å². The SMILES string of the molecule is COCCCN1c2cc(N(C(=O)[C@H]3CN(C(=O)OC(C)(C)C)CC[C@@H]3c3cccc(-c4ccc(OC)cc4)c3)C3CC3)ccc2OCC1O. The summed E-state index contributed by atoms with van der Waals surface area (Å²) in [5, 5.41) is 10.9. The number of aliphatic hydroxyl groups is 1. The molecule has 1 aliphatic carbocycles. The number of benzene rings is 3. The highest BCUT2D eigenvalue weighted by molar-refractivity contribution is 5.98. The van der Waals surface area contributed by atoms with Crippen LogP contribution in [0.3, 0.4) is 0 Å². The maximum Gasteiger partial charge on any atom is 0.410 e. The summed E-state index contributed by atoms with van der Waals surface area (Å²) in [5.41, 5.74) is 4.06. The summed E-state index contributed by atoms with van der Waals surface area (Å²) >= 11 is 0. The summed E-state index contributed by atoms with van der Waals surface area (Å²) in [6.45, 7) is 7.65. The quantitative estimate of drug-likeness (QED) is 0.246. The van der Waals surface area contributed by atoms with E-state index in [1.54, 1.807) is 19.1 Å². The first-order valence-corrected chi connectivity index (χ1v) is 17.3. The smallest absolute Gasteiger partial charge is 0.410 e. The number of piperidine rings is 1. The Morgan fingerprint density at radius 1 is 0.980 bits per heavy atom. The van der Waals surface area contributed by atoms with Gasteiger partial charge in [0.2, 0.25) is 5.91 Å². The molecule has 1 saturated carbocycles. The van der Waals surface area contributed by atoms with Crippen LogP contribution in [0, 0.1) is 5.92 Å². The number of likely N-dealkylation sites (tertiary alicyclic amines) is 1. The van der Waals surface area contributed by atoms with Crippen molar-refractivity contribution in [1.29, 1.82) is 0 Å². The Hall–Kier alpha value is -4.28. The fraction of sp³-hybridized carbons (Fsp3) is 0.487. The molecule has 10 nitrogen and oxygen atoms in total. The number of carbonyl (C=O) groups excluding carboxylic acids is 2. The van der Waals surface area contributed by atoms with Crippen LogP contribution in [0.15, 0.2) is 66.7 Å². The van der Waals surface area contributed by atoms with Gasteiger partial charge < -0.3 is 38.8 Å². The number of carbonyl (C=O) groups is 2. The number of aliphatic hydroxyl groups excluding tert-OH is 1. The number of rotatable bonds is 10. The second-order valence-electron chi connectivity index (χ2n) is 14.2. The Balaban J connectivity index is 1.34. The lowest BCUT2D eigenvalue weighted by molar-refractivity contribution is -0.124. The fourth-order valence-corrected chi connectivity index (χ4v) is 6.92. The molecular formula is C39H49N3O7. The van der Waals surface area contributed by atoms with E-state index in [0.29, 0.717) is 31.9 Å². The second kappa shape index (κ2) is 14.7. The maximum absolute atomic E-state index is 15.0. The number of hydrogen-bond acceptors (Lipinski definition) is 8. The van der Waals surface area contributed by atoms with Gasteiger partial charge in [0, 0.05) is 45.1 Å². The Labute approximate surface area is 289 Å². The highest BCUT2D eigenvalue weighted by Gasteiger charge is 2.44. The molecule has 2 fully saturated rings. The van der Waals surface area contributed by atoms with Crippen molar-refractivity contribution in [3.8, 4) is 22.6 Å². The molecule has 2 amide bonds. The van der Waals surface area contributed by atoms with Crippen LogP contribution in [0.4, 0.5) is 16.2 Å². The van der Waals surface area contributed by atoms with Crippen molar-refractivity contribution in [3.05, 3.63) is 72.3 Å². The first-order valence-electron chi connectivity index (χ1n) is 17.3. The first kappa shape index (κ1) is 34.6. The zero-order valence-electron chi connectivity index (χ0n) is 29.3. The Morgan fingerprint density at radius 3 is 2.45 bits per heavy atom. The summed E-state index contributed by atoms with van der Waals surface area (Å²) in [7, 11) is 3.32. The van der Waals surface area contributed by atoms with Gasteiger partial charge in [-0.25, -0.2) is 4.79 Å². The average Bonchev–Trinajstić information content (AvgIpc) is 3.94. The van der Waals surface area contributed by atoms with Crippen LogP contribution in [0.2, 0.25) is 0 Å². The number of hydrogen-bond donors (Lipinski definition) is 1. The summed E-state index contributed by atoms with van der Waals surface area (Å²) in [6, 6.07) is 22.2. The number of anilines is 2. The number of nitrogens with zero attached hydrogens (tertiary/aromatic N) is 3. The summed E-state index contributed by atoms with van der Waals surface area (Å²) in [4.78, 5) is 33.9. The number of fused-ring (bicyclic) bond motifs is 1. The molecule has 1 saturated heterocycles. The predicted molar refractivity (Wildman–Crippen MR) is 189 cm³/mol. The van der Waals surface area contributed by atoms with Crippen molar-refractivity contribution in [2.24, 2.45) is 5.92 Å². The van der Waals surface area contributed by atoms with Crippen molar-refractivity contribution in [3.63, 3.8) is 0 Å². The van der Waals surface area contributed by atoms with E-state index in [2.05, 4.69) is 18.2 Å². The largest absolute Gasteiger partial charge is 0.497 e. The molecule has 0 radical (unpaired) electrons. The van der Waals surface area contributed by atoms with E-state index in [0.717, 1.165) is 53.1 Å². The average molecular weight is 672 g/mol. The van der Waals surface area contributed by atoms with E-state index < -0.39 is 23.8 Å². The van der Waals surface area contributed by atoms with Gasteiger partial charge in [0.05, 0.1) is 18.7 Å². The summed E-state index contributed by atoms with van der Waals surface area (Å²) < 4.78 is 22.3. The molecule has 3 aliphatic rings. The standard InChI is InChI=1S/C39H49N3O7/c1-39(2,3)49-38(45)40-20-18-32(28-9-6-8-27(22-28)26-10-15-31(47-5)16-11-26)33(24-40)37(44)42(29-12-13-29)30-14-17-35-34(23-30)41(19-7-21-46-4)36(43)25-48-35/h6,8-11,14-17,22-23,29,32-33,36,43H,7,12-13,18-21,24-25H2,1-5H3/t32-,33+,36?/m1/s1. The third kappa shape index (κ3) is 7.97. The predicted octanol–water partition coefficient (Wildman–Crippen LogP) is 6.45. The molecule has 262 valence electrons. The van der Waals surface area contributed by atoms with Gasteiger partial charge >= 0.3 is 6.09 Å². The van der Waals surface area contributed by atoms with Gasteiger partial charge in [0.1, 0.15) is 23.7 Å². The summed E-state index contributed by atoms with van der Waals surface area (Å²) in [6.07, 6.45) is 1.97. The topological polar surface area (TPSA) is 101 Å². The zero-order valence-corrected chi connectivity index (χ0v) is 29.3. The van der Waals surface area contributed by atoms with Crippen molar-refractivity contribution in [2.45, 2.75) is 70.2 Å². The number of ether oxygens (including phenoxy) is 4. The molecule has 0 bridgehead atoms. The molecule has 1 N–H and O–H groups in total. The Kier molecular flexibility index (Phi) is 10.4. The van der Waals surface area contributed by atoms with Crippen molar-refractivity contribution < 1.29 is 33.6 Å². The van der Waals surface area contributed by atoms with Crippen LogP contribution in [0.25, 0.3) is 11.1 Å². The maximum atomic E-state index is 15.0. The molecule has 2 heterocycles. The van der Waals surface area contributed by atoms with Gasteiger partial charge in [-0.05, 0) is 99.4 Å². The van der Waals surface area contributed by atoms with Gasteiger partial charge in [-0.2, -0.15) is 0 Å². The lowest BCUT2D eigenvalue weighted by Crippen LogP contribution is -2.51. The van der Waals surface area contributed by atoms with Gasteiger partial charge in [-0.3, -0.25) is 4.79 Å². The highest BCUT2D eigenvalue weighted by Crippen LogP contribution is 2.43. The van der Waals surface area contributed by atoms with Crippen LogP contribution in [-0.4, -0.2) is 86.9 Å². The lowest BCUT2D eigenvalue weighted by Gasteiger charge is -2.41. The van der Waals surface area contributed by atoms with Crippen molar-refractivity contribution in [1.82, 2.24) is 4.90 Å². The third-order valence-electron chi connectivity index (χ3n) is 9.49. The van der Waals surface area contributed by atoms with E-state index in [4.69, 9.17) is 18.9 Å². The molecule has 2 aliphatic heterocycles. The molecule has 6 rings (SSSR count). The number of methoxy groups -OCH3 is 2. The fourth-order valence-electron chi connectivity index (χ4n) is 6.92. The molecule has 3 atom stereocenters. The van der Waals surface area contributed by atoms with Crippen LogP contribution >= 0.6 is 0 Å². The van der Waals surface area contributed by atoms with Crippen molar-refractivity contribution in [2.75, 3.05) is 56.9 Å². The molecule has 3 aromatic carbocycles. The van der Waals surface area contributed by atoms with Crippen LogP contribution in [0.1, 0.15) is 57.9 Å². The molecule has 49 heavy (non-hydrogen) atoms. The van der Waals surface area contributed by atoms with Gasteiger partial charge in [0.15, 0.2) is 6.23 Å². The van der Waals surface area contributed by atoms with Crippen LogP contribution in [-0.2, 0) is 14.3 Å². The molecule has 0 aromatic heterocycles. The van der Waals surface area contributed by atoms with E-state index >= 15 is 0 Å². The molecule has 0 spiro atoms. The lowest BCUT2D eigenvalue weighted by atomic mass is 9.78. The van der Waals surface area contributed by atoms with E-state index in [1.807, 2.05) is 79.1 Å². The van der Waals surface area contributed by atoms with Crippen molar-refractivity contribution >= 4 is 23.4 Å². The van der Waals surface area contributed by atoms with E-state index in [1.165, 1.54) is 0 Å². The molecule has 3 aromatic rings. The van der Waals surface area contributed by atoms with Gasteiger partial charge in [-0.1, -0.05) is 36.4 Å². The normalized spacial score (nSPS) is 20.7. The third-order valence-corrected chi connectivity index (χ3v) is 9.49. The number of amides is 2. The Morgan fingerprint density at radius 2 is 1.76 bits per heavy atom. The Bertz CT molecular complexity index is 1620. The highest BCUT2D eigenvalue weighted by atomic mass is 16.6. The molecular weight excluding hydrogens is 622 g/mol. The minimum Gasteiger partial charge on any atom is -0.497 e. The second-order valence-corrected chi connectivity index (χ2v) is 14.2. The minimum atomic E-state index is -0.798. The first-order chi connectivity index (χ1) is 23.6. The minimum absolute atomic E-state index is 0.0150. The zero-order chi connectivity index (χ0) is 34.7. The van der Waals surface area contributed by atoms with Gasteiger partial charge in [-0.15, -0.1) is 0 Å². The van der Waals surface area contributed by atoms with Crippen LogP contribution < -0.4 is 19.3 Å². The summed E-state index contributed by atoms with van der Waals surface area (Å²) in [5.74, 6) is 0.847. The monoisotopic (exact) mass is 671 g/mol. The molecule has 10 heteroatoms. The van der Waals surface area contributed by atoms with Crippen LogP contribution in [0.5, 0.6) is 11.5 Å².